The molecule has 0 saturated carbocycles. The minimum Gasteiger partial charge on any atom is -0.454 e. The van der Waals surface area contributed by atoms with Crippen LogP contribution in [-0.4, -0.2) is 29.8 Å². The van der Waals surface area contributed by atoms with Gasteiger partial charge in [0.05, 0.1) is 10.2 Å². The molecule has 1 aromatic carbocycles. The first-order valence-electron chi connectivity index (χ1n) is 6.21. The molecule has 0 bridgehead atoms. The van der Waals surface area contributed by atoms with Gasteiger partial charge in [0.1, 0.15) is 0 Å². The van der Waals surface area contributed by atoms with Crippen LogP contribution in [0.5, 0.6) is 11.5 Å². The summed E-state index contributed by atoms with van der Waals surface area (Å²) in [6.07, 6.45) is -0.869. The average Bonchev–Trinajstić information content (AvgIpc) is 2.99. The van der Waals surface area contributed by atoms with Gasteiger partial charge in [-0.15, -0.1) is 0 Å². The number of nitrogens with one attached hydrogen (secondary N) is 1. The topological polar surface area (TPSA) is 86.8 Å². The second-order valence-electron chi connectivity index (χ2n) is 4.43. The van der Waals surface area contributed by atoms with Crippen molar-refractivity contribution < 1.29 is 23.8 Å². The SMILES string of the molecule is CC(=O)O[C@H](C)C(=O)Nc1nc2cc3c(cc2s1)OCO3. The Bertz CT molecular complexity index is 686. The molecule has 0 spiro atoms. The van der Waals surface area contributed by atoms with Crippen molar-refractivity contribution in [3.8, 4) is 11.5 Å². The van der Waals surface area contributed by atoms with Crippen molar-refractivity contribution >= 4 is 38.6 Å². The van der Waals surface area contributed by atoms with Crippen LogP contribution in [0.2, 0.25) is 0 Å². The predicted octanol–water partition coefficient (Wildman–Crippen LogP) is 1.92. The van der Waals surface area contributed by atoms with Crippen LogP contribution in [0, 0.1) is 0 Å². The number of nitrogens with zero attached hydrogens (tertiary/aromatic N) is 1. The number of amides is 1. The van der Waals surface area contributed by atoms with Crippen LogP contribution in [0.25, 0.3) is 10.2 Å². The zero-order valence-electron chi connectivity index (χ0n) is 11.3. The Morgan fingerprint density at radius 3 is 2.81 bits per heavy atom. The molecule has 110 valence electrons. The van der Waals surface area contributed by atoms with E-state index in [1.165, 1.54) is 25.2 Å². The van der Waals surface area contributed by atoms with Gasteiger partial charge in [-0.3, -0.25) is 14.9 Å². The van der Waals surface area contributed by atoms with Gasteiger partial charge in [0.15, 0.2) is 22.7 Å². The highest BCUT2D eigenvalue weighted by atomic mass is 32.1. The highest BCUT2D eigenvalue weighted by Crippen LogP contribution is 2.38. The zero-order valence-corrected chi connectivity index (χ0v) is 12.2. The number of hydrogen-bond acceptors (Lipinski definition) is 7. The van der Waals surface area contributed by atoms with Crippen LogP contribution < -0.4 is 14.8 Å². The summed E-state index contributed by atoms with van der Waals surface area (Å²) < 4.78 is 16.2. The molecule has 8 heteroatoms. The maximum Gasteiger partial charge on any atom is 0.303 e. The Labute approximate surface area is 123 Å². The Morgan fingerprint density at radius 1 is 1.38 bits per heavy atom. The van der Waals surface area contributed by atoms with Crippen molar-refractivity contribution in [1.82, 2.24) is 4.98 Å². The number of rotatable bonds is 3. The summed E-state index contributed by atoms with van der Waals surface area (Å²) in [5, 5.41) is 3.05. The molecule has 1 N–H and O–H groups in total. The third-order valence-electron chi connectivity index (χ3n) is 2.82. The number of fused-ring (bicyclic) bond motifs is 2. The molecule has 21 heavy (non-hydrogen) atoms. The van der Waals surface area contributed by atoms with E-state index in [0.29, 0.717) is 22.1 Å². The van der Waals surface area contributed by atoms with E-state index in [2.05, 4.69) is 10.3 Å². The summed E-state index contributed by atoms with van der Waals surface area (Å²) in [5.74, 6) is 0.369. The van der Waals surface area contributed by atoms with Crippen LogP contribution in [-0.2, 0) is 14.3 Å². The van der Waals surface area contributed by atoms with E-state index < -0.39 is 18.0 Å². The van der Waals surface area contributed by atoms with Crippen molar-refractivity contribution in [2.75, 3.05) is 12.1 Å². The zero-order chi connectivity index (χ0) is 15.0. The molecule has 2 heterocycles. The van der Waals surface area contributed by atoms with Crippen LogP contribution in [0.3, 0.4) is 0 Å². The Morgan fingerprint density at radius 2 is 2.10 bits per heavy atom. The van der Waals surface area contributed by atoms with Crippen molar-refractivity contribution in [3.05, 3.63) is 12.1 Å². The minimum atomic E-state index is -0.869. The number of ether oxygens (including phenoxy) is 3. The largest absolute Gasteiger partial charge is 0.454 e. The van der Waals surface area contributed by atoms with E-state index in [1.807, 2.05) is 6.07 Å². The molecule has 0 fully saturated rings. The van der Waals surface area contributed by atoms with Gasteiger partial charge in [0.2, 0.25) is 6.79 Å². The summed E-state index contributed by atoms with van der Waals surface area (Å²) in [6.45, 7) is 2.96. The molecule has 2 aromatic rings. The van der Waals surface area contributed by atoms with Crippen LogP contribution >= 0.6 is 11.3 Å². The molecule has 0 radical (unpaired) electrons. The van der Waals surface area contributed by atoms with E-state index in [4.69, 9.17) is 14.2 Å². The smallest absolute Gasteiger partial charge is 0.303 e. The first-order valence-corrected chi connectivity index (χ1v) is 7.03. The first-order chi connectivity index (χ1) is 10.0. The van der Waals surface area contributed by atoms with Gasteiger partial charge >= 0.3 is 5.97 Å². The van der Waals surface area contributed by atoms with Crippen LogP contribution in [0.1, 0.15) is 13.8 Å². The lowest BCUT2D eigenvalue weighted by Crippen LogP contribution is -2.29. The van der Waals surface area contributed by atoms with E-state index in [1.54, 1.807) is 6.07 Å². The maximum absolute atomic E-state index is 11.9. The van der Waals surface area contributed by atoms with Crippen LogP contribution in [0.15, 0.2) is 12.1 Å². The molecule has 3 rings (SSSR count). The quantitative estimate of drug-likeness (QED) is 0.872. The third kappa shape index (κ3) is 2.75. The molecular formula is C13H12N2O5S. The molecule has 0 saturated heterocycles. The number of carbonyl (C=O) groups excluding carboxylic acids is 2. The van der Waals surface area contributed by atoms with Crippen molar-refractivity contribution in [2.45, 2.75) is 20.0 Å². The fourth-order valence-electron chi connectivity index (χ4n) is 1.88. The van der Waals surface area contributed by atoms with Gasteiger partial charge in [-0.1, -0.05) is 11.3 Å². The Hall–Kier alpha value is -2.35. The van der Waals surface area contributed by atoms with Gasteiger partial charge in [0.25, 0.3) is 5.91 Å². The highest BCUT2D eigenvalue weighted by Gasteiger charge is 2.19. The minimum absolute atomic E-state index is 0.204. The number of esters is 1. The van der Waals surface area contributed by atoms with Gasteiger partial charge in [-0.25, -0.2) is 4.98 Å². The number of benzene rings is 1. The standard InChI is InChI=1S/C13H12N2O5S/c1-6(20-7(2)16)12(17)15-13-14-8-3-9-10(19-5-18-9)4-11(8)21-13/h3-4,6H,5H2,1-2H3,(H,14,15,17)/t6-/m1/s1. The van der Waals surface area contributed by atoms with Gasteiger partial charge in [-0.2, -0.15) is 0 Å². The summed E-state index contributed by atoms with van der Waals surface area (Å²) in [5.41, 5.74) is 0.708. The summed E-state index contributed by atoms with van der Waals surface area (Å²) >= 11 is 1.31. The Kier molecular flexibility index (Phi) is 3.38. The molecular weight excluding hydrogens is 296 g/mol. The van der Waals surface area contributed by atoms with E-state index in [-0.39, 0.29) is 6.79 Å². The number of hydrogen-bond donors (Lipinski definition) is 1. The van der Waals surface area contributed by atoms with E-state index >= 15 is 0 Å². The molecule has 1 amide bonds. The predicted molar refractivity (Wildman–Crippen MR) is 75.6 cm³/mol. The second kappa shape index (κ2) is 5.21. The molecule has 1 aliphatic heterocycles. The molecule has 0 unspecified atom stereocenters. The second-order valence-corrected chi connectivity index (χ2v) is 5.46. The van der Waals surface area contributed by atoms with Gasteiger partial charge in [0, 0.05) is 19.1 Å². The lowest BCUT2D eigenvalue weighted by molar-refractivity contribution is -0.150. The average molecular weight is 308 g/mol. The summed E-state index contributed by atoms with van der Waals surface area (Å²) in [7, 11) is 0. The summed E-state index contributed by atoms with van der Waals surface area (Å²) in [6, 6.07) is 3.58. The number of thiazole rings is 1. The third-order valence-corrected chi connectivity index (χ3v) is 3.76. The fraction of sp³-hybridized carbons (Fsp3) is 0.308. The molecule has 0 aliphatic carbocycles. The molecule has 1 aliphatic rings. The maximum atomic E-state index is 11.9. The van der Waals surface area contributed by atoms with Gasteiger partial charge in [-0.05, 0) is 6.92 Å². The molecule has 7 nitrogen and oxygen atoms in total. The first kappa shape index (κ1) is 13.6. The van der Waals surface area contributed by atoms with Gasteiger partial charge < -0.3 is 14.2 Å². The lowest BCUT2D eigenvalue weighted by atomic mass is 10.3. The van der Waals surface area contributed by atoms with Crippen molar-refractivity contribution in [2.24, 2.45) is 0 Å². The van der Waals surface area contributed by atoms with Crippen LogP contribution in [0.4, 0.5) is 5.13 Å². The highest BCUT2D eigenvalue weighted by molar-refractivity contribution is 7.22. The number of aromatic nitrogens is 1. The fourth-order valence-corrected chi connectivity index (χ4v) is 2.76. The molecule has 1 atom stereocenters. The molecule has 1 aromatic heterocycles. The van der Waals surface area contributed by atoms with Crippen molar-refractivity contribution in [3.63, 3.8) is 0 Å². The summed E-state index contributed by atoms with van der Waals surface area (Å²) in [4.78, 5) is 27.0. The number of carbonyl (C=O) groups is 2. The van der Waals surface area contributed by atoms with E-state index in [0.717, 1.165) is 4.70 Å². The number of anilines is 1. The lowest BCUT2D eigenvalue weighted by Gasteiger charge is -2.10. The van der Waals surface area contributed by atoms with E-state index in [9.17, 15) is 9.59 Å². The Balaban J connectivity index is 1.79. The monoisotopic (exact) mass is 308 g/mol. The van der Waals surface area contributed by atoms with Crippen molar-refractivity contribution in [1.29, 1.82) is 0 Å². The normalized spacial score (nSPS) is 14.0.